The van der Waals surface area contributed by atoms with Crippen LogP contribution in [0.25, 0.3) is 0 Å². The Bertz CT molecular complexity index is 787. The Morgan fingerprint density at radius 3 is 2.07 bits per heavy atom. The van der Waals surface area contributed by atoms with Gasteiger partial charge in [0.15, 0.2) is 0 Å². The maximum absolute atomic E-state index is 13.5. The second-order valence-corrected chi connectivity index (χ2v) is 7.44. The van der Waals surface area contributed by atoms with Crippen LogP contribution in [-0.4, -0.2) is 24.0 Å². The molecule has 5 heteroatoms. The van der Waals surface area contributed by atoms with Gasteiger partial charge in [0.2, 0.25) is 5.91 Å². The number of amides is 1. The van der Waals surface area contributed by atoms with Crippen molar-refractivity contribution in [2.75, 3.05) is 13.2 Å². The zero-order chi connectivity index (χ0) is 18.8. The normalized spacial score (nSPS) is 19.3. The molecule has 0 unspecified atom stereocenters. The van der Waals surface area contributed by atoms with E-state index in [1.807, 2.05) is 4.90 Å². The van der Waals surface area contributed by atoms with E-state index in [4.69, 9.17) is 4.74 Å². The molecular formula is C22H23F2NO2. The number of benzene rings is 2. The van der Waals surface area contributed by atoms with Gasteiger partial charge in [0.1, 0.15) is 17.7 Å². The third-order valence-electron chi connectivity index (χ3n) is 5.35. The van der Waals surface area contributed by atoms with Gasteiger partial charge in [-0.2, -0.15) is 0 Å². The largest absolute Gasteiger partial charge is 0.371 e. The zero-order valence-corrected chi connectivity index (χ0v) is 15.1. The van der Waals surface area contributed by atoms with Gasteiger partial charge >= 0.3 is 0 Å². The number of hydrogen-bond acceptors (Lipinski definition) is 2. The Hall–Kier alpha value is -2.27. The molecule has 3 nitrogen and oxygen atoms in total. The summed E-state index contributed by atoms with van der Waals surface area (Å²) in [6.45, 7) is 1.26. The number of ether oxygens (including phenoxy) is 1. The number of carbonyl (C=O) groups is 1. The van der Waals surface area contributed by atoms with Crippen LogP contribution >= 0.6 is 0 Å². The minimum absolute atomic E-state index is 0.0754. The lowest BCUT2D eigenvalue weighted by molar-refractivity contribution is -0.133. The first-order valence-corrected chi connectivity index (χ1v) is 9.54. The van der Waals surface area contributed by atoms with Crippen LogP contribution in [0.1, 0.15) is 49.0 Å². The molecule has 1 saturated heterocycles. The molecule has 1 heterocycles. The highest BCUT2D eigenvalue weighted by molar-refractivity contribution is 5.78. The lowest BCUT2D eigenvalue weighted by Gasteiger charge is -2.35. The van der Waals surface area contributed by atoms with Crippen molar-refractivity contribution in [3.63, 3.8) is 0 Å². The third-order valence-corrected chi connectivity index (χ3v) is 5.35. The Morgan fingerprint density at radius 2 is 1.56 bits per heavy atom. The van der Waals surface area contributed by atoms with Crippen molar-refractivity contribution < 1.29 is 18.3 Å². The zero-order valence-electron chi connectivity index (χ0n) is 15.1. The van der Waals surface area contributed by atoms with E-state index in [2.05, 4.69) is 0 Å². The minimum Gasteiger partial charge on any atom is -0.371 e. The summed E-state index contributed by atoms with van der Waals surface area (Å²) in [7, 11) is 0. The van der Waals surface area contributed by atoms with Crippen molar-refractivity contribution in [3.05, 3.63) is 71.3 Å². The molecule has 2 atom stereocenters. The van der Waals surface area contributed by atoms with Gasteiger partial charge in [-0.05, 0) is 60.6 Å². The van der Waals surface area contributed by atoms with Crippen LogP contribution in [0.15, 0.2) is 48.5 Å². The molecule has 27 heavy (non-hydrogen) atoms. The van der Waals surface area contributed by atoms with Gasteiger partial charge in [-0.1, -0.05) is 24.3 Å². The summed E-state index contributed by atoms with van der Waals surface area (Å²) in [4.78, 5) is 14.4. The molecule has 0 aromatic heterocycles. The van der Waals surface area contributed by atoms with Gasteiger partial charge in [-0.15, -0.1) is 0 Å². The Labute approximate surface area is 157 Å². The van der Waals surface area contributed by atoms with E-state index in [1.165, 1.54) is 24.3 Å². The van der Waals surface area contributed by atoms with Gasteiger partial charge < -0.3 is 9.64 Å². The van der Waals surface area contributed by atoms with Gasteiger partial charge in [-0.25, -0.2) is 8.78 Å². The van der Waals surface area contributed by atoms with Crippen LogP contribution in [0.5, 0.6) is 0 Å². The highest BCUT2D eigenvalue weighted by atomic mass is 19.1. The average Bonchev–Trinajstić information content (AvgIpc) is 3.41. The topological polar surface area (TPSA) is 29.5 Å². The molecule has 0 radical (unpaired) electrons. The van der Waals surface area contributed by atoms with E-state index in [0.717, 1.165) is 30.4 Å². The fourth-order valence-electron chi connectivity index (χ4n) is 3.69. The van der Waals surface area contributed by atoms with Crippen molar-refractivity contribution in [3.8, 4) is 0 Å². The SMILES string of the molecule is O=C1CCCN1[C@@H](c1ccc(F)cc1)[C@@H](OCC1CC1)c1ccc(F)cc1. The summed E-state index contributed by atoms with van der Waals surface area (Å²) in [6.07, 6.45) is 3.20. The third kappa shape index (κ3) is 4.19. The van der Waals surface area contributed by atoms with Crippen LogP contribution in [0.4, 0.5) is 8.78 Å². The van der Waals surface area contributed by atoms with E-state index in [1.54, 1.807) is 24.3 Å². The predicted molar refractivity (Wildman–Crippen MR) is 97.9 cm³/mol. The highest BCUT2D eigenvalue weighted by Gasteiger charge is 2.37. The number of carbonyl (C=O) groups excluding carboxylic acids is 1. The molecule has 1 amide bonds. The predicted octanol–water partition coefficient (Wildman–Crippen LogP) is 4.80. The first-order chi connectivity index (χ1) is 13.1. The van der Waals surface area contributed by atoms with E-state index in [9.17, 15) is 13.6 Å². The van der Waals surface area contributed by atoms with Crippen LogP contribution < -0.4 is 0 Å². The van der Waals surface area contributed by atoms with E-state index in [0.29, 0.717) is 25.5 Å². The summed E-state index contributed by atoms with van der Waals surface area (Å²) in [5.41, 5.74) is 1.66. The maximum Gasteiger partial charge on any atom is 0.223 e. The summed E-state index contributed by atoms with van der Waals surface area (Å²) in [6, 6.07) is 12.1. The number of hydrogen-bond donors (Lipinski definition) is 0. The molecule has 142 valence electrons. The number of halogens is 2. The maximum atomic E-state index is 13.5. The van der Waals surface area contributed by atoms with Gasteiger partial charge in [-0.3, -0.25) is 4.79 Å². The molecule has 2 aromatic rings. The Balaban J connectivity index is 1.72. The second-order valence-electron chi connectivity index (χ2n) is 7.44. The van der Waals surface area contributed by atoms with Crippen molar-refractivity contribution >= 4 is 5.91 Å². The fourth-order valence-corrected chi connectivity index (χ4v) is 3.69. The Morgan fingerprint density at radius 1 is 0.963 bits per heavy atom. The van der Waals surface area contributed by atoms with E-state index < -0.39 is 6.10 Å². The average molecular weight is 371 g/mol. The monoisotopic (exact) mass is 371 g/mol. The summed E-state index contributed by atoms with van der Waals surface area (Å²) >= 11 is 0. The molecule has 1 aliphatic carbocycles. The molecule has 2 aromatic carbocycles. The molecule has 4 rings (SSSR count). The molecule has 0 N–H and O–H groups in total. The van der Waals surface area contributed by atoms with Crippen LogP contribution in [0, 0.1) is 17.6 Å². The molecule has 1 saturated carbocycles. The summed E-state index contributed by atoms with van der Waals surface area (Å²) in [5.74, 6) is 0.000285. The highest BCUT2D eigenvalue weighted by Crippen LogP contribution is 2.41. The summed E-state index contributed by atoms with van der Waals surface area (Å²) < 4.78 is 33.2. The second kappa shape index (κ2) is 7.77. The van der Waals surface area contributed by atoms with Crippen molar-refractivity contribution in [2.45, 2.75) is 37.8 Å². The molecule has 0 spiro atoms. The molecule has 1 aliphatic heterocycles. The van der Waals surface area contributed by atoms with E-state index >= 15 is 0 Å². The van der Waals surface area contributed by atoms with Crippen molar-refractivity contribution in [2.24, 2.45) is 5.92 Å². The minimum atomic E-state index is -0.418. The molecule has 2 aliphatic rings. The smallest absolute Gasteiger partial charge is 0.223 e. The number of rotatable bonds is 7. The van der Waals surface area contributed by atoms with Gasteiger partial charge in [0.05, 0.1) is 12.6 Å². The van der Waals surface area contributed by atoms with Crippen molar-refractivity contribution in [1.82, 2.24) is 4.90 Å². The van der Waals surface area contributed by atoms with Gasteiger partial charge in [0, 0.05) is 13.0 Å². The molecule has 0 bridgehead atoms. The van der Waals surface area contributed by atoms with Crippen LogP contribution in [0.3, 0.4) is 0 Å². The lowest BCUT2D eigenvalue weighted by Crippen LogP contribution is -2.35. The first-order valence-electron chi connectivity index (χ1n) is 9.54. The molecular weight excluding hydrogens is 348 g/mol. The number of nitrogens with zero attached hydrogens (tertiary/aromatic N) is 1. The fraction of sp³-hybridized carbons (Fsp3) is 0.409. The van der Waals surface area contributed by atoms with Crippen LogP contribution in [-0.2, 0) is 9.53 Å². The Kier molecular flexibility index (Phi) is 5.21. The molecule has 2 fully saturated rings. The van der Waals surface area contributed by atoms with Crippen molar-refractivity contribution in [1.29, 1.82) is 0 Å². The first kappa shape index (κ1) is 18.1. The summed E-state index contributed by atoms with van der Waals surface area (Å²) in [5, 5.41) is 0. The number of likely N-dealkylation sites (tertiary alicyclic amines) is 1. The van der Waals surface area contributed by atoms with Crippen LogP contribution in [0.2, 0.25) is 0 Å². The van der Waals surface area contributed by atoms with E-state index in [-0.39, 0.29) is 23.6 Å². The lowest BCUT2D eigenvalue weighted by atomic mass is 9.94. The van der Waals surface area contributed by atoms with Gasteiger partial charge in [0.25, 0.3) is 0 Å². The quantitative estimate of drug-likeness (QED) is 0.700. The standard InChI is InChI=1S/C22H23F2NO2/c23-18-9-5-16(6-10-18)21(25-13-1-2-20(25)26)22(27-14-15-3-4-15)17-7-11-19(24)12-8-17/h5-12,15,21-22H,1-4,13-14H2/t21-,22-/m0/s1.